The van der Waals surface area contributed by atoms with Crippen LogP contribution in [-0.4, -0.2) is 71.3 Å². The molecule has 0 aliphatic carbocycles. The van der Waals surface area contributed by atoms with Crippen molar-refractivity contribution in [2.75, 3.05) is 39.4 Å². The largest absolute Gasteiger partial charge is 0.478 e. The number of halogens is 3. The van der Waals surface area contributed by atoms with Gasteiger partial charge >= 0.3 is 18.1 Å². The molecule has 0 spiro atoms. The molecule has 3 rings (SSSR count). The summed E-state index contributed by atoms with van der Waals surface area (Å²) in [5, 5.41) is 19.9. The van der Waals surface area contributed by atoms with Gasteiger partial charge in [-0.15, -0.1) is 0 Å². The van der Waals surface area contributed by atoms with Gasteiger partial charge in [0.25, 0.3) is 0 Å². The lowest BCUT2D eigenvalue weighted by Gasteiger charge is -2.39. The fourth-order valence-electron chi connectivity index (χ4n) is 4.38. The second-order valence-corrected chi connectivity index (χ2v) is 7.73. The molecule has 2 N–H and O–H groups in total. The highest BCUT2D eigenvalue weighted by atomic mass is 19.4. The summed E-state index contributed by atoms with van der Waals surface area (Å²) >= 11 is 0. The van der Waals surface area contributed by atoms with Crippen molar-refractivity contribution >= 4 is 11.9 Å². The molecule has 0 atom stereocenters. The van der Waals surface area contributed by atoms with Crippen molar-refractivity contribution < 1.29 is 37.7 Å². The van der Waals surface area contributed by atoms with E-state index in [1.54, 1.807) is 4.90 Å². The van der Waals surface area contributed by atoms with Crippen LogP contribution in [0.1, 0.15) is 30.9 Å². The summed E-state index contributed by atoms with van der Waals surface area (Å²) in [6.45, 7) is 6.38. The number of allylic oxidation sites excluding steroid dienone is 2. The maximum absolute atomic E-state index is 13.7. The van der Waals surface area contributed by atoms with Gasteiger partial charge in [0.05, 0.1) is 35.8 Å². The average Bonchev–Trinajstić information content (AvgIpc) is 2.72. The van der Waals surface area contributed by atoms with Gasteiger partial charge in [-0.3, -0.25) is 4.90 Å². The van der Waals surface area contributed by atoms with E-state index in [4.69, 9.17) is 4.74 Å². The molecule has 2 heterocycles. The van der Waals surface area contributed by atoms with Gasteiger partial charge in [0.1, 0.15) is 0 Å². The number of aliphatic carboxylic acids is 2. The van der Waals surface area contributed by atoms with E-state index >= 15 is 0 Å². The van der Waals surface area contributed by atoms with Crippen LogP contribution < -0.4 is 0 Å². The van der Waals surface area contributed by atoms with Gasteiger partial charge in [0, 0.05) is 37.6 Å². The number of alkyl halides is 3. The Kier molecular flexibility index (Phi) is 6.94. The fourth-order valence-corrected chi connectivity index (χ4v) is 4.38. The normalized spacial score (nSPS) is 19.0. The van der Waals surface area contributed by atoms with Gasteiger partial charge in [0.15, 0.2) is 0 Å². The molecule has 1 saturated heterocycles. The Hall–Kier alpha value is -2.85. The van der Waals surface area contributed by atoms with Crippen molar-refractivity contribution in [3.8, 4) is 0 Å². The van der Waals surface area contributed by atoms with Crippen LogP contribution in [0.5, 0.6) is 0 Å². The first-order chi connectivity index (χ1) is 15.0. The van der Waals surface area contributed by atoms with E-state index in [0.29, 0.717) is 39.4 Å². The summed E-state index contributed by atoms with van der Waals surface area (Å²) in [7, 11) is 0. The molecule has 32 heavy (non-hydrogen) atoms. The number of rotatable bonds is 6. The molecular weight excluding hydrogens is 429 g/mol. The van der Waals surface area contributed by atoms with E-state index in [9.17, 15) is 33.0 Å². The zero-order valence-electron chi connectivity index (χ0n) is 17.8. The topological polar surface area (TPSA) is 90.3 Å². The summed E-state index contributed by atoms with van der Waals surface area (Å²) in [6, 6.07) is 4.52. The molecule has 174 valence electrons. The van der Waals surface area contributed by atoms with Crippen molar-refractivity contribution in [3.05, 3.63) is 57.9 Å². The Morgan fingerprint density at radius 2 is 1.53 bits per heavy atom. The number of hydrogen-bond donors (Lipinski definition) is 2. The lowest BCUT2D eigenvalue weighted by atomic mass is 9.78. The average molecular weight is 454 g/mol. The van der Waals surface area contributed by atoms with Crippen LogP contribution in [0.15, 0.2) is 46.8 Å². The van der Waals surface area contributed by atoms with Crippen molar-refractivity contribution in [1.82, 2.24) is 9.80 Å². The molecule has 2 aliphatic heterocycles. The standard InChI is InChI=1S/C22H25F3N2O5/c1-13-17(20(28)29)19(15-5-3-4-6-16(15)22(23,24)25)18(21(30)31)14(2)27(13)8-7-26-9-11-32-12-10-26/h3-6,19H,7-12H2,1-2H3,(H,28,29)(H,30,31). The monoisotopic (exact) mass is 454 g/mol. The van der Waals surface area contributed by atoms with Gasteiger partial charge in [-0.2, -0.15) is 13.2 Å². The summed E-state index contributed by atoms with van der Waals surface area (Å²) in [4.78, 5) is 28.1. The Bertz CT molecular complexity index is 927. The van der Waals surface area contributed by atoms with Crippen LogP contribution in [0.2, 0.25) is 0 Å². The molecule has 0 amide bonds. The lowest BCUT2D eigenvalue weighted by Crippen LogP contribution is -2.42. The number of benzene rings is 1. The maximum atomic E-state index is 13.7. The van der Waals surface area contributed by atoms with E-state index in [1.165, 1.54) is 26.0 Å². The Morgan fingerprint density at radius 1 is 1.00 bits per heavy atom. The summed E-state index contributed by atoms with van der Waals surface area (Å²) in [5.41, 5.74) is -1.71. The number of hydrogen-bond acceptors (Lipinski definition) is 5. The van der Waals surface area contributed by atoms with Crippen LogP contribution in [0.25, 0.3) is 0 Å². The van der Waals surface area contributed by atoms with Gasteiger partial charge in [-0.05, 0) is 25.5 Å². The third-order valence-corrected chi connectivity index (χ3v) is 5.95. The van der Waals surface area contributed by atoms with Crippen molar-refractivity contribution in [2.24, 2.45) is 0 Å². The van der Waals surface area contributed by atoms with Gasteiger partial charge in [-0.25, -0.2) is 9.59 Å². The van der Waals surface area contributed by atoms with Gasteiger partial charge in [-0.1, -0.05) is 18.2 Å². The zero-order valence-corrected chi connectivity index (χ0v) is 17.8. The van der Waals surface area contributed by atoms with E-state index in [-0.39, 0.29) is 28.1 Å². The number of ether oxygens (including phenoxy) is 1. The molecule has 0 aromatic heterocycles. The number of carboxylic acids is 2. The highest BCUT2D eigenvalue weighted by Gasteiger charge is 2.43. The van der Waals surface area contributed by atoms with Crippen LogP contribution in [-0.2, 0) is 20.5 Å². The highest BCUT2D eigenvalue weighted by molar-refractivity contribution is 5.98. The number of nitrogens with zero attached hydrogens (tertiary/aromatic N) is 2. The van der Waals surface area contributed by atoms with E-state index in [2.05, 4.69) is 4.90 Å². The first kappa shape index (κ1) is 23.8. The minimum Gasteiger partial charge on any atom is -0.478 e. The molecule has 0 bridgehead atoms. The molecule has 2 aliphatic rings. The van der Waals surface area contributed by atoms with Crippen molar-refractivity contribution in [2.45, 2.75) is 25.9 Å². The van der Waals surface area contributed by atoms with Gasteiger partial charge in [0.2, 0.25) is 0 Å². The molecule has 10 heteroatoms. The Morgan fingerprint density at radius 3 is 2.03 bits per heavy atom. The molecule has 0 radical (unpaired) electrons. The second-order valence-electron chi connectivity index (χ2n) is 7.73. The molecule has 1 aromatic carbocycles. The third kappa shape index (κ3) is 4.66. The minimum atomic E-state index is -4.76. The zero-order chi connectivity index (χ0) is 23.6. The first-order valence-electron chi connectivity index (χ1n) is 10.2. The lowest BCUT2D eigenvalue weighted by molar-refractivity contribution is -0.139. The molecule has 1 aromatic rings. The van der Waals surface area contributed by atoms with Crippen LogP contribution in [0.4, 0.5) is 13.2 Å². The van der Waals surface area contributed by atoms with E-state index < -0.39 is 29.6 Å². The summed E-state index contributed by atoms with van der Waals surface area (Å²) < 4.78 is 46.4. The molecule has 0 unspecified atom stereocenters. The Balaban J connectivity index is 2.11. The number of carboxylic acid groups (broad SMARTS) is 2. The van der Waals surface area contributed by atoms with Crippen LogP contribution in [0, 0.1) is 0 Å². The predicted octanol–water partition coefficient (Wildman–Crippen LogP) is 3.15. The fraction of sp³-hybridized carbons (Fsp3) is 0.455. The second kappa shape index (κ2) is 9.33. The maximum Gasteiger partial charge on any atom is 0.416 e. The predicted molar refractivity (Wildman–Crippen MR) is 109 cm³/mol. The quantitative estimate of drug-likeness (QED) is 0.683. The van der Waals surface area contributed by atoms with Gasteiger partial charge < -0.3 is 19.8 Å². The smallest absolute Gasteiger partial charge is 0.416 e. The summed E-state index contributed by atoms with van der Waals surface area (Å²) in [6.07, 6.45) is -4.76. The van der Waals surface area contributed by atoms with Crippen molar-refractivity contribution in [3.63, 3.8) is 0 Å². The molecule has 0 saturated carbocycles. The first-order valence-corrected chi connectivity index (χ1v) is 10.2. The number of morpholine rings is 1. The molecule has 7 nitrogen and oxygen atoms in total. The third-order valence-electron chi connectivity index (χ3n) is 5.95. The van der Waals surface area contributed by atoms with E-state index in [1.807, 2.05) is 0 Å². The van der Waals surface area contributed by atoms with Crippen molar-refractivity contribution in [1.29, 1.82) is 0 Å². The minimum absolute atomic E-state index is 0.232. The van der Waals surface area contributed by atoms with Crippen LogP contribution in [0.3, 0.4) is 0 Å². The highest BCUT2D eigenvalue weighted by Crippen LogP contribution is 2.46. The summed E-state index contributed by atoms with van der Waals surface area (Å²) in [5.74, 6) is -4.46. The SMILES string of the molecule is CC1=C(C(=O)O)C(c2ccccc2C(F)(F)F)C(C(=O)O)=C(C)N1CCN1CCOCC1. The Labute approximate surface area is 183 Å². The van der Waals surface area contributed by atoms with E-state index in [0.717, 1.165) is 12.1 Å². The van der Waals surface area contributed by atoms with Crippen LogP contribution >= 0.6 is 0 Å². The molecular formula is C22H25F3N2O5. The number of carbonyl (C=O) groups is 2. The molecule has 1 fully saturated rings.